The molecule has 3 heteroatoms. The highest BCUT2D eigenvalue weighted by molar-refractivity contribution is 5.46. The first-order valence-corrected chi connectivity index (χ1v) is 5.69. The van der Waals surface area contributed by atoms with Gasteiger partial charge in [0, 0.05) is 0 Å². The smallest absolute Gasteiger partial charge is 0.187 e. The SMILES string of the molecule is C.[C-]#[N+]c1ccc(OC[C@@H](O)CC(C)(C)C)cc1. The Labute approximate surface area is 110 Å². The normalized spacial score (nSPS) is 12.2. The van der Waals surface area contributed by atoms with E-state index in [1.165, 1.54) is 0 Å². The molecule has 18 heavy (non-hydrogen) atoms. The van der Waals surface area contributed by atoms with Gasteiger partial charge in [-0.15, -0.1) is 0 Å². The summed E-state index contributed by atoms with van der Waals surface area (Å²) in [6, 6.07) is 6.91. The first-order chi connectivity index (χ1) is 7.90. The highest BCUT2D eigenvalue weighted by atomic mass is 16.5. The van der Waals surface area contributed by atoms with E-state index < -0.39 is 6.10 Å². The van der Waals surface area contributed by atoms with Gasteiger partial charge in [-0.05, 0) is 24.0 Å². The van der Waals surface area contributed by atoms with Crippen molar-refractivity contribution >= 4 is 5.69 Å². The van der Waals surface area contributed by atoms with Crippen molar-refractivity contribution in [1.29, 1.82) is 0 Å². The molecule has 0 fully saturated rings. The molecule has 0 unspecified atom stereocenters. The zero-order valence-electron chi connectivity index (χ0n) is 10.6. The fourth-order valence-electron chi connectivity index (χ4n) is 1.58. The second-order valence-electron chi connectivity index (χ2n) is 5.34. The molecule has 1 aromatic rings. The van der Waals surface area contributed by atoms with Crippen LogP contribution in [0.1, 0.15) is 34.6 Å². The number of ether oxygens (including phenoxy) is 1. The Kier molecular flexibility index (Phi) is 6.43. The minimum Gasteiger partial charge on any atom is -0.491 e. The molecule has 1 aromatic carbocycles. The summed E-state index contributed by atoms with van der Waals surface area (Å²) in [5, 5.41) is 9.77. The average molecular weight is 249 g/mol. The van der Waals surface area contributed by atoms with Crippen LogP contribution in [0, 0.1) is 12.0 Å². The second-order valence-corrected chi connectivity index (χ2v) is 5.34. The minimum absolute atomic E-state index is 0. The van der Waals surface area contributed by atoms with Crippen molar-refractivity contribution in [3.05, 3.63) is 35.7 Å². The van der Waals surface area contributed by atoms with E-state index in [0.29, 0.717) is 17.9 Å². The first kappa shape index (κ1) is 16.5. The van der Waals surface area contributed by atoms with Gasteiger partial charge in [0.2, 0.25) is 0 Å². The Bertz CT molecular complexity index is 384. The number of hydrogen-bond donors (Lipinski definition) is 1. The molecule has 1 N–H and O–H groups in total. The third kappa shape index (κ3) is 6.27. The van der Waals surface area contributed by atoms with Gasteiger partial charge in [0.05, 0.1) is 12.7 Å². The zero-order chi connectivity index (χ0) is 12.9. The van der Waals surface area contributed by atoms with Gasteiger partial charge in [0.25, 0.3) is 0 Å². The van der Waals surface area contributed by atoms with Crippen LogP contribution in [0.4, 0.5) is 5.69 Å². The standard InChI is InChI=1S/C14H19NO2.CH4/c1-14(2,3)9-12(16)10-17-13-7-5-11(15-4)6-8-13;/h5-8,12,16H,9-10H2,1-3H3;1H4/t12-;/m0./s1. The van der Waals surface area contributed by atoms with E-state index in [9.17, 15) is 5.11 Å². The fraction of sp³-hybridized carbons (Fsp3) is 0.533. The Hall–Kier alpha value is -1.53. The topological polar surface area (TPSA) is 33.8 Å². The zero-order valence-corrected chi connectivity index (χ0v) is 10.6. The Morgan fingerprint density at radius 1 is 1.28 bits per heavy atom. The van der Waals surface area contributed by atoms with E-state index in [-0.39, 0.29) is 19.4 Å². The molecule has 0 aliphatic carbocycles. The molecule has 3 nitrogen and oxygen atoms in total. The number of hydrogen-bond acceptors (Lipinski definition) is 2. The van der Waals surface area contributed by atoms with Gasteiger partial charge in [-0.25, -0.2) is 4.85 Å². The van der Waals surface area contributed by atoms with Crippen molar-refractivity contribution in [2.75, 3.05) is 6.61 Å². The maximum Gasteiger partial charge on any atom is 0.187 e. The maximum absolute atomic E-state index is 9.77. The van der Waals surface area contributed by atoms with Gasteiger partial charge >= 0.3 is 0 Å². The number of rotatable bonds is 4. The van der Waals surface area contributed by atoms with Crippen molar-refractivity contribution < 1.29 is 9.84 Å². The van der Waals surface area contributed by atoms with Crippen LogP contribution in [0.5, 0.6) is 5.75 Å². The van der Waals surface area contributed by atoms with Gasteiger partial charge < -0.3 is 9.84 Å². The Morgan fingerprint density at radius 3 is 2.28 bits per heavy atom. The quantitative estimate of drug-likeness (QED) is 0.817. The molecular weight excluding hydrogens is 226 g/mol. The third-order valence-corrected chi connectivity index (χ3v) is 2.26. The highest BCUT2D eigenvalue weighted by Crippen LogP contribution is 2.22. The van der Waals surface area contributed by atoms with Gasteiger partial charge in [0.15, 0.2) is 5.69 Å². The number of aliphatic hydroxyl groups excluding tert-OH is 1. The molecule has 0 radical (unpaired) electrons. The Morgan fingerprint density at radius 2 is 1.83 bits per heavy atom. The summed E-state index contributed by atoms with van der Waals surface area (Å²) in [6.07, 6.45) is 0.239. The van der Waals surface area contributed by atoms with Gasteiger partial charge in [-0.1, -0.05) is 40.3 Å². The largest absolute Gasteiger partial charge is 0.491 e. The summed E-state index contributed by atoms with van der Waals surface area (Å²) in [5.41, 5.74) is 0.684. The molecule has 0 saturated heterocycles. The molecule has 0 aromatic heterocycles. The van der Waals surface area contributed by atoms with Crippen molar-refractivity contribution in [3.8, 4) is 5.75 Å². The van der Waals surface area contributed by atoms with Crippen LogP contribution in [0.3, 0.4) is 0 Å². The van der Waals surface area contributed by atoms with Crippen LogP contribution in [0.15, 0.2) is 24.3 Å². The molecule has 0 aliphatic heterocycles. The molecule has 0 heterocycles. The Balaban J connectivity index is 0.00000289. The predicted molar refractivity (Wildman–Crippen MR) is 75.0 cm³/mol. The second kappa shape index (κ2) is 7.03. The predicted octanol–water partition coefficient (Wildman–Crippen LogP) is 4.05. The highest BCUT2D eigenvalue weighted by Gasteiger charge is 2.16. The molecule has 0 aliphatic rings. The van der Waals surface area contributed by atoms with E-state index in [4.69, 9.17) is 11.3 Å². The van der Waals surface area contributed by atoms with E-state index in [1.54, 1.807) is 24.3 Å². The number of nitrogens with zero attached hydrogens (tertiary/aromatic N) is 1. The lowest BCUT2D eigenvalue weighted by Crippen LogP contribution is -2.23. The molecule has 0 saturated carbocycles. The van der Waals surface area contributed by atoms with Gasteiger partial charge in [0.1, 0.15) is 12.4 Å². The summed E-state index contributed by atoms with van der Waals surface area (Å²) < 4.78 is 5.46. The molecule has 0 amide bonds. The summed E-state index contributed by atoms with van der Waals surface area (Å²) in [5.74, 6) is 0.686. The maximum atomic E-state index is 9.77. The van der Waals surface area contributed by atoms with E-state index in [2.05, 4.69) is 25.6 Å². The third-order valence-electron chi connectivity index (χ3n) is 2.26. The summed E-state index contributed by atoms with van der Waals surface area (Å²) in [7, 11) is 0. The van der Waals surface area contributed by atoms with Crippen LogP contribution >= 0.6 is 0 Å². The molecule has 1 rings (SSSR count). The van der Waals surface area contributed by atoms with Crippen molar-refractivity contribution in [2.45, 2.75) is 40.7 Å². The van der Waals surface area contributed by atoms with Crippen LogP contribution in [0.2, 0.25) is 0 Å². The van der Waals surface area contributed by atoms with Crippen LogP contribution in [-0.4, -0.2) is 17.8 Å². The first-order valence-electron chi connectivity index (χ1n) is 5.69. The molecule has 100 valence electrons. The average Bonchev–Trinajstić information content (AvgIpc) is 2.25. The molecule has 1 atom stereocenters. The van der Waals surface area contributed by atoms with Crippen molar-refractivity contribution in [3.63, 3.8) is 0 Å². The monoisotopic (exact) mass is 249 g/mol. The van der Waals surface area contributed by atoms with Gasteiger partial charge in [-0.2, -0.15) is 0 Å². The van der Waals surface area contributed by atoms with E-state index >= 15 is 0 Å². The van der Waals surface area contributed by atoms with E-state index in [0.717, 1.165) is 0 Å². The minimum atomic E-state index is -0.462. The van der Waals surface area contributed by atoms with Crippen molar-refractivity contribution in [1.82, 2.24) is 0 Å². The van der Waals surface area contributed by atoms with Crippen LogP contribution in [0.25, 0.3) is 4.85 Å². The molecule has 0 spiro atoms. The van der Waals surface area contributed by atoms with E-state index in [1.807, 2.05) is 0 Å². The summed E-state index contributed by atoms with van der Waals surface area (Å²) in [4.78, 5) is 3.30. The number of aliphatic hydroxyl groups is 1. The summed E-state index contributed by atoms with van der Waals surface area (Å²) in [6.45, 7) is 13.4. The van der Waals surface area contributed by atoms with Gasteiger partial charge in [-0.3, -0.25) is 0 Å². The lowest BCUT2D eigenvalue weighted by molar-refractivity contribution is 0.0710. The molecular formula is C15H23NO2. The van der Waals surface area contributed by atoms with Crippen LogP contribution in [-0.2, 0) is 0 Å². The lowest BCUT2D eigenvalue weighted by atomic mass is 9.89. The lowest BCUT2D eigenvalue weighted by Gasteiger charge is -2.22. The fourth-order valence-corrected chi connectivity index (χ4v) is 1.58. The van der Waals surface area contributed by atoms with Crippen LogP contribution < -0.4 is 4.74 Å². The van der Waals surface area contributed by atoms with Crippen molar-refractivity contribution in [2.24, 2.45) is 5.41 Å². The molecule has 0 bridgehead atoms. The number of benzene rings is 1. The summed E-state index contributed by atoms with van der Waals surface area (Å²) >= 11 is 0.